The van der Waals surface area contributed by atoms with Crippen LogP contribution in [0.15, 0.2) is 29.2 Å². The zero-order valence-electron chi connectivity index (χ0n) is 11.6. The third-order valence-electron chi connectivity index (χ3n) is 4.57. The minimum Gasteiger partial charge on any atom is -0.309 e. The number of thioether (sulfide) groups is 1. The Hall–Kier alpha value is -1.33. The van der Waals surface area contributed by atoms with Gasteiger partial charge in [0, 0.05) is 17.6 Å². The third-order valence-corrected chi connectivity index (χ3v) is 5.70. The predicted molar refractivity (Wildman–Crippen MR) is 81.8 cm³/mol. The van der Waals surface area contributed by atoms with Crippen molar-refractivity contribution < 1.29 is 9.18 Å². The van der Waals surface area contributed by atoms with Crippen molar-refractivity contribution in [1.29, 1.82) is 0 Å². The Bertz CT molecular complexity index is 618. The second-order valence-electron chi connectivity index (χ2n) is 5.84. The number of nitrogens with zero attached hydrogens (tertiary/aromatic N) is 1. The van der Waals surface area contributed by atoms with Crippen LogP contribution in [0.1, 0.15) is 31.2 Å². The summed E-state index contributed by atoms with van der Waals surface area (Å²) in [6, 6.07) is 7.33. The van der Waals surface area contributed by atoms with Crippen molar-refractivity contribution in [2.45, 2.75) is 43.3 Å². The highest BCUT2D eigenvalue weighted by Crippen LogP contribution is 2.43. The Balaban J connectivity index is 1.61. The highest BCUT2D eigenvalue weighted by Gasteiger charge is 2.49. The van der Waals surface area contributed by atoms with Gasteiger partial charge in [0.2, 0.25) is 0 Å². The van der Waals surface area contributed by atoms with Crippen LogP contribution >= 0.6 is 11.8 Å². The molecule has 0 aromatic heterocycles. The van der Waals surface area contributed by atoms with Gasteiger partial charge in [-0.3, -0.25) is 10.1 Å². The lowest BCUT2D eigenvalue weighted by molar-refractivity contribution is -0.127. The van der Waals surface area contributed by atoms with E-state index in [0.29, 0.717) is 22.6 Å². The van der Waals surface area contributed by atoms with Gasteiger partial charge in [0.25, 0.3) is 5.91 Å². The highest BCUT2D eigenvalue weighted by molar-refractivity contribution is 8.05. The van der Waals surface area contributed by atoms with E-state index in [1.807, 2.05) is 4.90 Å². The molecule has 110 valence electrons. The van der Waals surface area contributed by atoms with Gasteiger partial charge in [-0.1, -0.05) is 42.8 Å². The van der Waals surface area contributed by atoms with Gasteiger partial charge in [0.1, 0.15) is 11.3 Å². The number of benzene rings is 1. The van der Waals surface area contributed by atoms with Crippen molar-refractivity contribution in [2.24, 2.45) is 0 Å². The van der Waals surface area contributed by atoms with E-state index < -0.39 is 0 Å². The zero-order chi connectivity index (χ0) is 14.4. The summed E-state index contributed by atoms with van der Waals surface area (Å²) in [5, 5.41) is 3.55. The maximum atomic E-state index is 13.7. The van der Waals surface area contributed by atoms with Crippen LogP contribution < -0.4 is 5.32 Å². The fourth-order valence-electron chi connectivity index (χ4n) is 3.55. The van der Waals surface area contributed by atoms with Gasteiger partial charge < -0.3 is 4.90 Å². The number of carbonyl (C=O) groups is 1. The number of rotatable bonds is 1. The summed E-state index contributed by atoms with van der Waals surface area (Å²) in [6.45, 7) is 0. The maximum Gasteiger partial charge on any atom is 0.262 e. The second kappa shape index (κ2) is 5.14. The Morgan fingerprint density at radius 1 is 1.29 bits per heavy atom. The largest absolute Gasteiger partial charge is 0.309 e. The fourth-order valence-corrected chi connectivity index (χ4v) is 4.80. The van der Waals surface area contributed by atoms with Crippen molar-refractivity contribution >= 4 is 23.7 Å². The molecule has 1 saturated carbocycles. The van der Waals surface area contributed by atoms with Crippen LogP contribution in [0.4, 0.5) is 4.39 Å². The van der Waals surface area contributed by atoms with Crippen LogP contribution in [0.2, 0.25) is 0 Å². The number of hydrogen-bond donors (Lipinski definition) is 1. The topological polar surface area (TPSA) is 32.3 Å². The molecular formula is C16H17FN2OS. The number of fused-ring (bicyclic) bond motifs is 3. The number of amides is 1. The average Bonchev–Trinajstić information content (AvgIpc) is 2.99. The smallest absolute Gasteiger partial charge is 0.262 e. The monoisotopic (exact) mass is 304 g/mol. The molecule has 4 rings (SSSR count). The molecule has 2 heterocycles. The molecule has 3 atom stereocenters. The number of halogens is 1. The molecule has 21 heavy (non-hydrogen) atoms. The SMILES string of the molecule is O=C1C(=Cc2ccccc2F)SC2NC3CCCCC3N12. The first-order valence-electron chi connectivity index (χ1n) is 7.45. The molecule has 2 aliphatic heterocycles. The van der Waals surface area contributed by atoms with Gasteiger partial charge >= 0.3 is 0 Å². The molecule has 0 spiro atoms. The van der Waals surface area contributed by atoms with E-state index in [2.05, 4.69) is 5.32 Å². The first-order chi connectivity index (χ1) is 10.2. The number of hydrogen-bond acceptors (Lipinski definition) is 3. The Labute approximate surface area is 127 Å². The van der Waals surface area contributed by atoms with Gasteiger partial charge in [-0.05, 0) is 25.0 Å². The zero-order valence-corrected chi connectivity index (χ0v) is 12.4. The molecule has 3 aliphatic rings. The summed E-state index contributed by atoms with van der Waals surface area (Å²) in [5.41, 5.74) is 0.512. The average molecular weight is 304 g/mol. The molecule has 2 saturated heterocycles. The van der Waals surface area contributed by atoms with E-state index in [-0.39, 0.29) is 17.2 Å². The summed E-state index contributed by atoms with van der Waals surface area (Å²) in [6.07, 6.45) is 6.34. The summed E-state index contributed by atoms with van der Waals surface area (Å²) in [5.74, 6) is -0.232. The van der Waals surface area contributed by atoms with Crippen molar-refractivity contribution in [3.63, 3.8) is 0 Å². The lowest BCUT2D eigenvalue weighted by Gasteiger charge is -2.29. The van der Waals surface area contributed by atoms with E-state index in [4.69, 9.17) is 0 Å². The lowest BCUT2D eigenvalue weighted by atomic mass is 9.91. The maximum absolute atomic E-state index is 13.7. The summed E-state index contributed by atoms with van der Waals surface area (Å²) < 4.78 is 13.7. The quantitative estimate of drug-likeness (QED) is 0.810. The van der Waals surface area contributed by atoms with Gasteiger partial charge in [-0.15, -0.1) is 0 Å². The number of carbonyl (C=O) groups excluding carboxylic acids is 1. The van der Waals surface area contributed by atoms with E-state index in [1.165, 1.54) is 30.7 Å². The van der Waals surface area contributed by atoms with Crippen molar-refractivity contribution in [1.82, 2.24) is 10.2 Å². The predicted octanol–water partition coefficient (Wildman–Crippen LogP) is 2.94. The molecule has 1 aromatic rings. The highest BCUT2D eigenvalue weighted by atomic mass is 32.2. The van der Waals surface area contributed by atoms with Gasteiger partial charge in [-0.2, -0.15) is 0 Å². The first kappa shape index (κ1) is 13.3. The molecule has 1 amide bonds. The molecular weight excluding hydrogens is 287 g/mol. The lowest BCUT2D eigenvalue weighted by Crippen LogP contribution is -2.40. The minimum absolute atomic E-state index is 0.0311. The molecule has 5 heteroatoms. The van der Waals surface area contributed by atoms with Crippen LogP contribution in [0.5, 0.6) is 0 Å². The molecule has 0 radical (unpaired) electrons. The second-order valence-corrected chi connectivity index (χ2v) is 6.96. The van der Waals surface area contributed by atoms with Crippen LogP contribution in [0, 0.1) is 5.82 Å². The summed E-state index contributed by atoms with van der Waals surface area (Å²) in [4.78, 5) is 15.2. The third kappa shape index (κ3) is 2.19. The molecule has 0 bridgehead atoms. The van der Waals surface area contributed by atoms with E-state index in [9.17, 15) is 9.18 Å². The van der Waals surface area contributed by atoms with Crippen LogP contribution in [-0.4, -0.2) is 28.4 Å². The van der Waals surface area contributed by atoms with Gasteiger partial charge in [-0.25, -0.2) is 4.39 Å². The van der Waals surface area contributed by atoms with Crippen LogP contribution in [0.25, 0.3) is 6.08 Å². The van der Waals surface area contributed by atoms with E-state index >= 15 is 0 Å². The Morgan fingerprint density at radius 3 is 2.95 bits per heavy atom. The molecule has 1 N–H and O–H groups in total. The number of nitrogens with one attached hydrogen (secondary N) is 1. The van der Waals surface area contributed by atoms with Crippen LogP contribution in [-0.2, 0) is 4.79 Å². The summed E-state index contributed by atoms with van der Waals surface area (Å²) >= 11 is 1.52. The molecule has 3 nitrogen and oxygen atoms in total. The van der Waals surface area contributed by atoms with E-state index in [1.54, 1.807) is 24.3 Å². The Morgan fingerprint density at radius 2 is 2.10 bits per heavy atom. The molecule has 3 fully saturated rings. The van der Waals surface area contributed by atoms with Gasteiger partial charge in [0.05, 0.1) is 4.91 Å². The Kier molecular flexibility index (Phi) is 3.27. The van der Waals surface area contributed by atoms with Gasteiger partial charge in [0.15, 0.2) is 0 Å². The van der Waals surface area contributed by atoms with Crippen LogP contribution in [0.3, 0.4) is 0 Å². The van der Waals surface area contributed by atoms with E-state index in [0.717, 1.165) is 12.8 Å². The normalized spacial score (nSPS) is 33.4. The summed E-state index contributed by atoms with van der Waals surface area (Å²) in [7, 11) is 0. The fraction of sp³-hybridized carbons (Fsp3) is 0.438. The molecule has 3 unspecified atom stereocenters. The standard InChI is InChI=1S/C16H17FN2OS/c17-11-6-2-1-5-10(11)9-14-15(20)19-13-8-4-3-7-12(13)18-16(19)21-14/h1-2,5-6,9,12-13,16,18H,3-4,7-8H2. The molecule has 1 aromatic carbocycles. The van der Waals surface area contributed by atoms with Crippen molar-refractivity contribution in [2.75, 3.05) is 0 Å². The first-order valence-corrected chi connectivity index (χ1v) is 8.33. The van der Waals surface area contributed by atoms with Crippen molar-refractivity contribution in [3.05, 3.63) is 40.6 Å². The van der Waals surface area contributed by atoms with Crippen molar-refractivity contribution in [3.8, 4) is 0 Å². The molecule has 1 aliphatic carbocycles. The minimum atomic E-state index is -0.283.